The number of rotatable bonds is 2. The highest BCUT2D eigenvalue weighted by Crippen LogP contribution is 2.19. The van der Waals surface area contributed by atoms with Crippen LogP contribution in [0, 0.1) is 5.82 Å². The summed E-state index contributed by atoms with van der Waals surface area (Å²) >= 11 is 0. The molecule has 1 aromatic rings. The number of carboxylic acid groups (broad SMARTS) is 1. The lowest BCUT2D eigenvalue weighted by Crippen LogP contribution is -2.40. The number of hydrogen-bond donors (Lipinski definition) is 1. The van der Waals surface area contributed by atoms with Gasteiger partial charge in [0, 0.05) is 12.1 Å². The molecule has 5 heteroatoms. The highest BCUT2D eigenvalue weighted by atomic mass is 19.1. The molecule has 0 aliphatic carbocycles. The fraction of sp³-hybridized carbons (Fsp3) is 0.273. The van der Waals surface area contributed by atoms with E-state index in [1.807, 2.05) is 0 Å². The van der Waals surface area contributed by atoms with E-state index in [0.717, 1.165) is 0 Å². The van der Waals surface area contributed by atoms with Crippen LogP contribution in [0.25, 0.3) is 0 Å². The minimum atomic E-state index is -1.04. The third-order valence-electron chi connectivity index (χ3n) is 2.56. The first-order valence-electron chi connectivity index (χ1n) is 4.87. The van der Waals surface area contributed by atoms with Crippen LogP contribution >= 0.6 is 0 Å². The number of nitrogens with zero attached hydrogens (tertiary/aromatic N) is 1. The maximum absolute atomic E-state index is 12.9. The summed E-state index contributed by atoms with van der Waals surface area (Å²) in [4.78, 5) is 23.6. The van der Waals surface area contributed by atoms with Crippen molar-refractivity contribution in [2.75, 3.05) is 13.1 Å². The number of fused-ring (bicyclic) bond motifs is 1. The molecule has 0 saturated heterocycles. The van der Waals surface area contributed by atoms with Gasteiger partial charge in [0.2, 0.25) is 0 Å². The topological polar surface area (TPSA) is 57.6 Å². The van der Waals surface area contributed by atoms with Crippen molar-refractivity contribution in [3.05, 3.63) is 35.1 Å². The fourth-order valence-corrected chi connectivity index (χ4v) is 1.82. The Morgan fingerprint density at radius 2 is 2.25 bits per heavy atom. The highest BCUT2D eigenvalue weighted by Gasteiger charge is 2.25. The second kappa shape index (κ2) is 3.92. The van der Waals surface area contributed by atoms with Crippen LogP contribution in [0.5, 0.6) is 0 Å². The molecule has 0 aromatic heterocycles. The van der Waals surface area contributed by atoms with E-state index in [1.165, 1.54) is 23.1 Å². The zero-order valence-corrected chi connectivity index (χ0v) is 8.44. The third-order valence-corrected chi connectivity index (χ3v) is 2.56. The van der Waals surface area contributed by atoms with Crippen LogP contribution in [0.1, 0.15) is 15.9 Å². The standard InChI is InChI=1S/C11H10FNO3/c12-8-1-2-9-7(5-8)3-4-13(11(9)16)6-10(14)15/h1-2,5H,3-4,6H2,(H,14,15). The minimum absolute atomic E-state index is 0.310. The summed E-state index contributed by atoms with van der Waals surface area (Å²) in [6.45, 7) is 0.0111. The SMILES string of the molecule is O=C(O)CN1CCc2cc(F)ccc2C1=O. The first-order chi connectivity index (χ1) is 7.58. The van der Waals surface area contributed by atoms with Crippen molar-refractivity contribution in [1.29, 1.82) is 0 Å². The molecule has 84 valence electrons. The summed E-state index contributed by atoms with van der Waals surface area (Å²) in [5, 5.41) is 8.62. The lowest BCUT2D eigenvalue weighted by molar-refractivity contribution is -0.137. The molecule has 0 unspecified atom stereocenters. The van der Waals surface area contributed by atoms with Crippen LogP contribution < -0.4 is 0 Å². The summed E-state index contributed by atoms with van der Waals surface area (Å²) in [5.41, 5.74) is 1.04. The third kappa shape index (κ3) is 1.88. The lowest BCUT2D eigenvalue weighted by Gasteiger charge is -2.26. The molecule has 0 spiro atoms. The van der Waals surface area contributed by atoms with Gasteiger partial charge >= 0.3 is 5.97 Å². The second-order valence-electron chi connectivity index (χ2n) is 3.67. The van der Waals surface area contributed by atoms with Gasteiger partial charge in [0.05, 0.1) is 0 Å². The van der Waals surface area contributed by atoms with Crippen LogP contribution in [0.2, 0.25) is 0 Å². The fourth-order valence-electron chi connectivity index (χ4n) is 1.82. The molecule has 1 amide bonds. The van der Waals surface area contributed by atoms with Gasteiger partial charge in [0.15, 0.2) is 0 Å². The number of hydrogen-bond acceptors (Lipinski definition) is 2. The highest BCUT2D eigenvalue weighted by molar-refractivity contribution is 5.98. The summed E-state index contributed by atoms with van der Waals surface area (Å²) in [5.74, 6) is -1.76. The van der Waals surface area contributed by atoms with E-state index in [-0.39, 0.29) is 18.3 Å². The molecule has 1 aromatic carbocycles. The normalized spacial score (nSPS) is 14.8. The second-order valence-corrected chi connectivity index (χ2v) is 3.67. The van der Waals surface area contributed by atoms with Gasteiger partial charge < -0.3 is 10.0 Å². The van der Waals surface area contributed by atoms with Crippen LogP contribution in [-0.4, -0.2) is 35.0 Å². The van der Waals surface area contributed by atoms with Crippen molar-refractivity contribution >= 4 is 11.9 Å². The number of aliphatic carboxylic acids is 1. The molecule has 1 N–H and O–H groups in total. The number of halogens is 1. The Hall–Kier alpha value is -1.91. The maximum Gasteiger partial charge on any atom is 0.323 e. The van der Waals surface area contributed by atoms with Crippen molar-refractivity contribution in [3.8, 4) is 0 Å². The molecule has 0 fully saturated rings. The molecule has 1 aliphatic rings. The van der Waals surface area contributed by atoms with Crippen molar-refractivity contribution in [2.24, 2.45) is 0 Å². The van der Waals surface area contributed by atoms with Gasteiger partial charge in [-0.15, -0.1) is 0 Å². The number of carboxylic acids is 1. The Bertz CT molecular complexity index is 459. The monoisotopic (exact) mass is 223 g/mol. The molecular formula is C11H10FNO3. The maximum atomic E-state index is 12.9. The molecule has 1 heterocycles. The Balaban J connectivity index is 2.29. The Morgan fingerprint density at radius 1 is 1.50 bits per heavy atom. The molecule has 4 nitrogen and oxygen atoms in total. The zero-order valence-electron chi connectivity index (χ0n) is 8.44. The summed E-state index contributed by atoms with van der Waals surface area (Å²) in [7, 11) is 0. The quantitative estimate of drug-likeness (QED) is 0.810. The average molecular weight is 223 g/mol. The van der Waals surface area contributed by atoms with Crippen molar-refractivity contribution in [3.63, 3.8) is 0 Å². The molecule has 0 saturated carbocycles. The Kier molecular flexibility index (Phi) is 2.60. The van der Waals surface area contributed by atoms with Crippen molar-refractivity contribution in [2.45, 2.75) is 6.42 Å². The van der Waals surface area contributed by atoms with Crippen LogP contribution in [0.4, 0.5) is 4.39 Å². The number of benzene rings is 1. The first-order valence-corrected chi connectivity index (χ1v) is 4.87. The van der Waals surface area contributed by atoms with Gasteiger partial charge in [-0.05, 0) is 30.2 Å². The molecule has 0 bridgehead atoms. The predicted molar refractivity (Wildman–Crippen MR) is 53.6 cm³/mol. The number of carbonyl (C=O) groups is 2. The smallest absolute Gasteiger partial charge is 0.323 e. The van der Waals surface area contributed by atoms with Gasteiger partial charge in [-0.1, -0.05) is 0 Å². The van der Waals surface area contributed by atoms with Gasteiger partial charge in [0.25, 0.3) is 5.91 Å². The molecule has 16 heavy (non-hydrogen) atoms. The van der Waals surface area contributed by atoms with E-state index in [0.29, 0.717) is 24.1 Å². The average Bonchev–Trinajstić information content (AvgIpc) is 2.22. The van der Waals surface area contributed by atoms with Crippen molar-refractivity contribution in [1.82, 2.24) is 4.90 Å². The number of amides is 1. The lowest BCUT2D eigenvalue weighted by atomic mass is 9.99. The summed E-state index contributed by atoms with van der Waals surface area (Å²) in [6.07, 6.45) is 0.492. The summed E-state index contributed by atoms with van der Waals surface area (Å²) < 4.78 is 12.9. The molecule has 0 radical (unpaired) electrons. The van der Waals surface area contributed by atoms with Gasteiger partial charge in [-0.3, -0.25) is 9.59 Å². The van der Waals surface area contributed by atoms with Gasteiger partial charge in [-0.25, -0.2) is 4.39 Å². The van der Waals surface area contributed by atoms with E-state index in [1.54, 1.807) is 0 Å². The van der Waals surface area contributed by atoms with Crippen LogP contribution in [0.3, 0.4) is 0 Å². The van der Waals surface area contributed by atoms with E-state index in [9.17, 15) is 14.0 Å². The van der Waals surface area contributed by atoms with E-state index >= 15 is 0 Å². The largest absolute Gasteiger partial charge is 0.480 e. The minimum Gasteiger partial charge on any atom is -0.480 e. The molecular weight excluding hydrogens is 213 g/mol. The number of carbonyl (C=O) groups excluding carboxylic acids is 1. The molecule has 1 aliphatic heterocycles. The first kappa shape index (κ1) is 10.6. The van der Waals surface area contributed by atoms with Crippen LogP contribution in [0.15, 0.2) is 18.2 Å². The van der Waals surface area contributed by atoms with E-state index < -0.39 is 5.97 Å². The Morgan fingerprint density at radius 3 is 2.94 bits per heavy atom. The molecule has 2 rings (SSSR count). The summed E-state index contributed by atoms with van der Waals surface area (Å²) in [6, 6.07) is 3.94. The predicted octanol–water partition coefficient (Wildman–Crippen LogP) is 0.909. The van der Waals surface area contributed by atoms with E-state index in [4.69, 9.17) is 5.11 Å². The van der Waals surface area contributed by atoms with Crippen molar-refractivity contribution < 1.29 is 19.1 Å². The molecule has 0 atom stereocenters. The Labute approximate surface area is 91.3 Å². The van der Waals surface area contributed by atoms with E-state index in [2.05, 4.69) is 0 Å². The van der Waals surface area contributed by atoms with Gasteiger partial charge in [0.1, 0.15) is 12.4 Å². The van der Waals surface area contributed by atoms with Gasteiger partial charge in [-0.2, -0.15) is 0 Å². The zero-order chi connectivity index (χ0) is 11.7. The van der Waals surface area contributed by atoms with Crippen LogP contribution in [-0.2, 0) is 11.2 Å².